The van der Waals surface area contributed by atoms with Crippen LogP contribution in [0.5, 0.6) is 0 Å². The summed E-state index contributed by atoms with van der Waals surface area (Å²) in [6.07, 6.45) is 5.96. The Morgan fingerprint density at radius 2 is 1.82 bits per heavy atom. The number of aliphatic hydroxyl groups excluding tert-OH is 1. The molecule has 182 valence electrons. The summed E-state index contributed by atoms with van der Waals surface area (Å²) in [5.74, 6) is 0.752. The third kappa shape index (κ3) is 7.94. The van der Waals surface area contributed by atoms with Gasteiger partial charge in [-0.1, -0.05) is 30.3 Å². The Balaban J connectivity index is 1.54. The average Bonchev–Trinajstić information content (AvgIpc) is 3.08. The number of hydrogen-bond acceptors (Lipinski definition) is 5. The molecule has 2 aromatic rings. The third-order valence-corrected chi connectivity index (χ3v) is 6.84. The highest BCUT2D eigenvalue weighted by molar-refractivity contribution is 9.10. The molecule has 0 aliphatic heterocycles. The van der Waals surface area contributed by atoms with Crippen molar-refractivity contribution in [3.63, 3.8) is 0 Å². The van der Waals surface area contributed by atoms with Crippen LogP contribution in [0.3, 0.4) is 0 Å². The molecular formula is C26H37BrN2O4. The molecule has 0 amide bonds. The van der Waals surface area contributed by atoms with Gasteiger partial charge in [-0.3, -0.25) is 4.68 Å². The predicted octanol–water partition coefficient (Wildman–Crippen LogP) is 5.40. The molecular weight excluding hydrogens is 484 g/mol. The Morgan fingerprint density at radius 3 is 2.45 bits per heavy atom. The second-order valence-corrected chi connectivity index (χ2v) is 10.8. The number of aliphatic hydroxyl groups is 1. The predicted molar refractivity (Wildman–Crippen MR) is 133 cm³/mol. The topological polar surface area (TPSA) is 73.6 Å². The first-order valence-corrected chi connectivity index (χ1v) is 12.8. The maximum Gasteiger partial charge on any atom is 0.332 e. The summed E-state index contributed by atoms with van der Waals surface area (Å²) >= 11 is 3.78. The molecule has 0 radical (unpaired) electrons. The molecule has 6 nitrogen and oxygen atoms in total. The number of carbonyl (C=O) groups is 1. The zero-order valence-corrected chi connectivity index (χ0v) is 21.6. The number of aromatic nitrogens is 2. The minimum atomic E-state index is -0.476. The van der Waals surface area contributed by atoms with Crippen LogP contribution in [0.4, 0.5) is 0 Å². The highest BCUT2D eigenvalue weighted by Crippen LogP contribution is 2.34. The molecule has 0 bridgehead atoms. The van der Waals surface area contributed by atoms with Crippen LogP contribution >= 0.6 is 15.9 Å². The summed E-state index contributed by atoms with van der Waals surface area (Å²) in [6, 6.07) is 10.2. The van der Waals surface area contributed by atoms with E-state index in [-0.39, 0.29) is 19.2 Å². The van der Waals surface area contributed by atoms with E-state index in [9.17, 15) is 9.90 Å². The Hall–Kier alpha value is -1.70. The zero-order chi connectivity index (χ0) is 23.8. The van der Waals surface area contributed by atoms with E-state index in [0.717, 1.165) is 66.5 Å². The van der Waals surface area contributed by atoms with Crippen molar-refractivity contribution >= 4 is 21.9 Å². The normalized spacial score (nSPS) is 18.9. The van der Waals surface area contributed by atoms with E-state index in [1.807, 2.05) is 39.0 Å². The number of esters is 1. The van der Waals surface area contributed by atoms with Gasteiger partial charge in [0.1, 0.15) is 17.9 Å². The molecule has 1 fully saturated rings. The standard InChI is InChI=1S/C26H37BrN2O4/c1-26(2,3)33-23(31)18-32-17-20-13-11-19(12-14-20)16-29-22(10-7-15-30)24(27)25(28-29)21-8-5-4-6-9-21/h4-6,8-9,19-20,30H,7,10-18H2,1-3H3. The van der Waals surface area contributed by atoms with E-state index in [0.29, 0.717) is 18.4 Å². The fourth-order valence-corrected chi connectivity index (χ4v) is 5.11. The van der Waals surface area contributed by atoms with E-state index in [2.05, 4.69) is 32.7 Å². The smallest absolute Gasteiger partial charge is 0.332 e. The molecule has 3 rings (SSSR count). The Bertz CT molecular complexity index is 884. The third-order valence-electron chi connectivity index (χ3n) is 6.00. The van der Waals surface area contributed by atoms with Crippen LogP contribution in [0, 0.1) is 11.8 Å². The van der Waals surface area contributed by atoms with E-state index >= 15 is 0 Å². The van der Waals surface area contributed by atoms with Crippen LogP contribution < -0.4 is 0 Å². The van der Waals surface area contributed by atoms with Gasteiger partial charge in [0.05, 0.1) is 16.8 Å². The molecule has 1 N–H and O–H groups in total. The largest absolute Gasteiger partial charge is 0.458 e. The van der Waals surface area contributed by atoms with E-state index in [1.165, 1.54) is 0 Å². The molecule has 1 heterocycles. The minimum Gasteiger partial charge on any atom is -0.458 e. The first-order chi connectivity index (χ1) is 15.8. The summed E-state index contributed by atoms with van der Waals surface area (Å²) in [5.41, 5.74) is 2.74. The van der Waals surface area contributed by atoms with Crippen LogP contribution in [-0.2, 0) is 27.2 Å². The van der Waals surface area contributed by atoms with Crippen molar-refractivity contribution in [2.75, 3.05) is 19.8 Å². The van der Waals surface area contributed by atoms with E-state index in [4.69, 9.17) is 14.6 Å². The molecule has 1 saturated carbocycles. The quantitative estimate of drug-likeness (QED) is 0.424. The lowest BCUT2D eigenvalue weighted by atomic mass is 9.82. The summed E-state index contributed by atoms with van der Waals surface area (Å²) < 4.78 is 14.1. The minimum absolute atomic E-state index is 0.0228. The fourth-order valence-electron chi connectivity index (χ4n) is 4.40. The van der Waals surface area contributed by atoms with Gasteiger partial charge in [0.2, 0.25) is 0 Å². The van der Waals surface area contributed by atoms with Gasteiger partial charge in [0.15, 0.2) is 0 Å². The van der Waals surface area contributed by atoms with Gasteiger partial charge >= 0.3 is 5.97 Å². The second-order valence-electron chi connectivity index (χ2n) is 9.97. The van der Waals surface area contributed by atoms with Crippen molar-refractivity contribution < 1.29 is 19.4 Å². The first kappa shape index (κ1) is 25.9. The number of benzene rings is 1. The number of halogens is 1. The summed E-state index contributed by atoms with van der Waals surface area (Å²) in [5, 5.41) is 14.3. The Kier molecular flexibility index (Phi) is 9.53. The molecule has 0 saturated heterocycles. The zero-order valence-electron chi connectivity index (χ0n) is 20.1. The molecule has 7 heteroatoms. The SMILES string of the molecule is CC(C)(C)OC(=O)COCC1CCC(Cn2nc(-c3ccccc3)c(Br)c2CCCO)CC1. The number of ether oxygens (including phenoxy) is 2. The molecule has 1 aliphatic rings. The van der Waals surface area contributed by atoms with Gasteiger partial charge in [-0.2, -0.15) is 5.10 Å². The van der Waals surface area contributed by atoms with Gasteiger partial charge in [-0.05, 0) is 87.1 Å². The van der Waals surface area contributed by atoms with Crippen LogP contribution in [0.1, 0.15) is 58.6 Å². The van der Waals surface area contributed by atoms with Gasteiger partial charge in [-0.25, -0.2) is 4.79 Å². The maximum atomic E-state index is 11.8. The highest BCUT2D eigenvalue weighted by Gasteiger charge is 2.25. The van der Waals surface area contributed by atoms with Crippen molar-refractivity contribution in [3.8, 4) is 11.3 Å². The summed E-state index contributed by atoms with van der Waals surface area (Å²) in [6.45, 7) is 7.28. The summed E-state index contributed by atoms with van der Waals surface area (Å²) in [4.78, 5) is 11.8. The molecule has 1 aromatic carbocycles. The number of nitrogens with zero attached hydrogens (tertiary/aromatic N) is 2. The van der Waals surface area contributed by atoms with Gasteiger partial charge < -0.3 is 14.6 Å². The molecule has 33 heavy (non-hydrogen) atoms. The number of rotatable bonds is 10. The Morgan fingerprint density at radius 1 is 1.15 bits per heavy atom. The van der Waals surface area contributed by atoms with Gasteiger partial charge in [-0.15, -0.1) is 0 Å². The summed E-state index contributed by atoms with van der Waals surface area (Å²) in [7, 11) is 0. The van der Waals surface area contributed by atoms with Crippen molar-refractivity contribution in [2.45, 2.75) is 71.4 Å². The lowest BCUT2D eigenvalue weighted by Crippen LogP contribution is -2.28. The molecule has 1 aromatic heterocycles. The van der Waals surface area contributed by atoms with Gasteiger partial charge in [0, 0.05) is 18.7 Å². The van der Waals surface area contributed by atoms with Crippen molar-refractivity contribution in [1.29, 1.82) is 0 Å². The van der Waals surface area contributed by atoms with Gasteiger partial charge in [0.25, 0.3) is 0 Å². The van der Waals surface area contributed by atoms with Crippen LogP contribution in [0.2, 0.25) is 0 Å². The van der Waals surface area contributed by atoms with Crippen LogP contribution in [-0.4, -0.2) is 46.3 Å². The first-order valence-electron chi connectivity index (χ1n) is 12.0. The maximum absolute atomic E-state index is 11.8. The second kappa shape index (κ2) is 12.1. The molecule has 0 spiro atoms. The lowest BCUT2D eigenvalue weighted by molar-refractivity contribution is -0.160. The van der Waals surface area contributed by atoms with Crippen LogP contribution in [0.15, 0.2) is 34.8 Å². The van der Waals surface area contributed by atoms with Crippen molar-refractivity contribution in [3.05, 3.63) is 40.5 Å². The number of carbonyl (C=O) groups excluding carboxylic acids is 1. The number of hydrogen-bond donors (Lipinski definition) is 1. The molecule has 0 atom stereocenters. The fraction of sp³-hybridized carbons (Fsp3) is 0.615. The van der Waals surface area contributed by atoms with Crippen molar-refractivity contribution in [2.24, 2.45) is 11.8 Å². The molecule has 1 aliphatic carbocycles. The monoisotopic (exact) mass is 520 g/mol. The lowest BCUT2D eigenvalue weighted by Gasteiger charge is -2.28. The highest BCUT2D eigenvalue weighted by atomic mass is 79.9. The Labute approximate surface area is 205 Å². The molecule has 0 unspecified atom stereocenters. The van der Waals surface area contributed by atoms with E-state index < -0.39 is 5.60 Å². The van der Waals surface area contributed by atoms with Crippen LogP contribution in [0.25, 0.3) is 11.3 Å². The average molecular weight is 521 g/mol. The van der Waals surface area contributed by atoms with Crippen molar-refractivity contribution in [1.82, 2.24) is 9.78 Å². The van der Waals surface area contributed by atoms with E-state index in [1.54, 1.807) is 0 Å².